The number of rotatable bonds is 3. The summed E-state index contributed by atoms with van der Waals surface area (Å²) in [5.74, 6) is 1.13. The van der Waals surface area contributed by atoms with Gasteiger partial charge in [0, 0.05) is 19.2 Å². The van der Waals surface area contributed by atoms with Crippen molar-refractivity contribution < 1.29 is 9.32 Å². The van der Waals surface area contributed by atoms with Crippen LogP contribution in [0.2, 0.25) is 0 Å². The average molecular weight is 251 g/mol. The summed E-state index contributed by atoms with van der Waals surface area (Å²) in [6.45, 7) is 6.20. The van der Waals surface area contributed by atoms with Crippen LogP contribution in [0.3, 0.4) is 0 Å². The molecule has 5 heteroatoms. The summed E-state index contributed by atoms with van der Waals surface area (Å²) in [5, 5.41) is 7.19. The number of piperidine rings is 1. The molecule has 100 valence electrons. The first-order valence-corrected chi connectivity index (χ1v) is 6.47. The third-order valence-corrected chi connectivity index (χ3v) is 3.60. The molecule has 1 saturated heterocycles. The highest BCUT2D eigenvalue weighted by Gasteiger charge is 2.25. The van der Waals surface area contributed by atoms with E-state index in [-0.39, 0.29) is 11.8 Å². The van der Waals surface area contributed by atoms with E-state index < -0.39 is 0 Å². The first-order chi connectivity index (χ1) is 8.59. The maximum Gasteiger partial charge on any atom is 0.227 e. The molecule has 1 fully saturated rings. The van der Waals surface area contributed by atoms with Gasteiger partial charge in [0.05, 0.1) is 18.2 Å². The Kier molecular flexibility index (Phi) is 4.01. The molecule has 1 aliphatic rings. The summed E-state index contributed by atoms with van der Waals surface area (Å²) in [6, 6.07) is 0. The van der Waals surface area contributed by atoms with Gasteiger partial charge in [-0.2, -0.15) is 0 Å². The summed E-state index contributed by atoms with van der Waals surface area (Å²) < 4.78 is 5.12. The lowest BCUT2D eigenvalue weighted by Gasteiger charge is -2.27. The maximum absolute atomic E-state index is 12.3. The van der Waals surface area contributed by atoms with E-state index in [0.29, 0.717) is 6.54 Å². The van der Waals surface area contributed by atoms with E-state index in [9.17, 15) is 4.79 Å². The van der Waals surface area contributed by atoms with E-state index in [4.69, 9.17) is 4.52 Å². The SMILES string of the molecule is Cc1noc(C)c1CN(C)C(=O)[C@@H]1CCCNC1. The Morgan fingerprint density at radius 2 is 2.33 bits per heavy atom. The van der Waals surface area contributed by atoms with Crippen LogP contribution < -0.4 is 5.32 Å². The molecule has 0 saturated carbocycles. The number of carbonyl (C=O) groups is 1. The van der Waals surface area contributed by atoms with Crippen LogP contribution in [0.15, 0.2) is 4.52 Å². The van der Waals surface area contributed by atoms with E-state index in [2.05, 4.69) is 10.5 Å². The molecule has 2 heterocycles. The lowest BCUT2D eigenvalue weighted by Crippen LogP contribution is -2.41. The number of aryl methyl sites for hydroxylation is 2. The molecule has 1 atom stereocenters. The zero-order valence-electron chi connectivity index (χ0n) is 11.3. The Morgan fingerprint density at radius 1 is 1.56 bits per heavy atom. The highest BCUT2D eigenvalue weighted by Crippen LogP contribution is 2.18. The number of carbonyl (C=O) groups excluding carboxylic acids is 1. The third-order valence-electron chi connectivity index (χ3n) is 3.60. The lowest BCUT2D eigenvalue weighted by atomic mass is 9.98. The van der Waals surface area contributed by atoms with Crippen molar-refractivity contribution in [2.24, 2.45) is 5.92 Å². The fourth-order valence-electron chi connectivity index (χ4n) is 2.42. The topological polar surface area (TPSA) is 58.4 Å². The van der Waals surface area contributed by atoms with Gasteiger partial charge >= 0.3 is 0 Å². The molecule has 0 bridgehead atoms. The number of amides is 1. The van der Waals surface area contributed by atoms with Crippen LogP contribution in [0.5, 0.6) is 0 Å². The molecule has 1 aromatic heterocycles. The maximum atomic E-state index is 12.3. The van der Waals surface area contributed by atoms with Gasteiger partial charge in [0.15, 0.2) is 0 Å². The van der Waals surface area contributed by atoms with E-state index >= 15 is 0 Å². The molecule has 18 heavy (non-hydrogen) atoms. The van der Waals surface area contributed by atoms with E-state index in [1.807, 2.05) is 20.9 Å². The molecule has 1 N–H and O–H groups in total. The van der Waals surface area contributed by atoms with Crippen LogP contribution in [0.1, 0.15) is 29.9 Å². The highest BCUT2D eigenvalue weighted by atomic mass is 16.5. The van der Waals surface area contributed by atoms with E-state index in [1.54, 1.807) is 4.90 Å². The van der Waals surface area contributed by atoms with Gasteiger partial charge in [0.1, 0.15) is 5.76 Å². The molecule has 1 aliphatic heterocycles. The van der Waals surface area contributed by atoms with Crippen LogP contribution >= 0.6 is 0 Å². The van der Waals surface area contributed by atoms with Crippen LogP contribution in [0.25, 0.3) is 0 Å². The minimum absolute atomic E-state index is 0.115. The zero-order valence-corrected chi connectivity index (χ0v) is 11.3. The minimum atomic E-state index is 0.115. The predicted octanol–water partition coefficient (Wildman–Crippen LogP) is 1.25. The number of aromatic nitrogens is 1. The molecular formula is C13H21N3O2. The predicted molar refractivity (Wildman–Crippen MR) is 68.0 cm³/mol. The van der Waals surface area contributed by atoms with Gasteiger partial charge in [0.25, 0.3) is 0 Å². The summed E-state index contributed by atoms with van der Waals surface area (Å²) in [7, 11) is 1.85. The van der Waals surface area contributed by atoms with Gasteiger partial charge in [-0.1, -0.05) is 5.16 Å². The van der Waals surface area contributed by atoms with Crippen molar-refractivity contribution in [2.75, 3.05) is 20.1 Å². The van der Waals surface area contributed by atoms with Gasteiger partial charge in [-0.05, 0) is 33.2 Å². The Balaban J connectivity index is 1.98. The Hall–Kier alpha value is -1.36. The first kappa shape index (κ1) is 13.1. The second-order valence-corrected chi connectivity index (χ2v) is 5.04. The summed E-state index contributed by atoms with van der Waals surface area (Å²) >= 11 is 0. The second kappa shape index (κ2) is 5.52. The van der Waals surface area contributed by atoms with Gasteiger partial charge in [-0.15, -0.1) is 0 Å². The molecule has 0 radical (unpaired) electrons. The van der Waals surface area contributed by atoms with E-state index in [1.165, 1.54) is 0 Å². The fraction of sp³-hybridized carbons (Fsp3) is 0.692. The molecular weight excluding hydrogens is 230 g/mol. The van der Waals surface area contributed by atoms with Crippen LogP contribution in [-0.2, 0) is 11.3 Å². The minimum Gasteiger partial charge on any atom is -0.361 e. The van der Waals surface area contributed by atoms with Crippen LogP contribution in [0.4, 0.5) is 0 Å². The lowest BCUT2D eigenvalue weighted by molar-refractivity contribution is -0.135. The van der Waals surface area contributed by atoms with Gasteiger partial charge in [-0.25, -0.2) is 0 Å². The van der Waals surface area contributed by atoms with Crippen LogP contribution in [-0.4, -0.2) is 36.1 Å². The molecule has 0 unspecified atom stereocenters. The molecule has 5 nitrogen and oxygen atoms in total. The fourth-order valence-corrected chi connectivity index (χ4v) is 2.42. The third kappa shape index (κ3) is 2.72. The van der Waals surface area contributed by atoms with Crippen molar-refractivity contribution in [3.63, 3.8) is 0 Å². The molecule has 1 aromatic rings. The van der Waals surface area contributed by atoms with E-state index in [0.717, 1.165) is 42.9 Å². The molecule has 0 aromatic carbocycles. The Bertz CT molecular complexity index is 402. The van der Waals surface area contributed by atoms with Crippen molar-refractivity contribution in [1.82, 2.24) is 15.4 Å². The quantitative estimate of drug-likeness (QED) is 0.878. The number of hydrogen-bond donors (Lipinski definition) is 1. The average Bonchev–Trinajstić information content (AvgIpc) is 2.70. The summed E-state index contributed by atoms with van der Waals surface area (Å²) in [4.78, 5) is 14.1. The summed E-state index contributed by atoms with van der Waals surface area (Å²) in [5.41, 5.74) is 1.89. The number of nitrogens with zero attached hydrogens (tertiary/aromatic N) is 2. The van der Waals surface area contributed by atoms with Crippen molar-refractivity contribution in [1.29, 1.82) is 0 Å². The van der Waals surface area contributed by atoms with Crippen molar-refractivity contribution in [3.05, 3.63) is 17.0 Å². The Labute approximate surface area is 108 Å². The van der Waals surface area contributed by atoms with Crippen LogP contribution in [0, 0.1) is 19.8 Å². The largest absolute Gasteiger partial charge is 0.361 e. The number of hydrogen-bond acceptors (Lipinski definition) is 4. The monoisotopic (exact) mass is 251 g/mol. The Morgan fingerprint density at radius 3 is 2.89 bits per heavy atom. The standard InChI is InChI=1S/C13H21N3O2/c1-9-12(10(2)18-15-9)8-16(3)13(17)11-5-4-6-14-7-11/h11,14H,4-8H2,1-3H3/t11-/m1/s1. The first-order valence-electron chi connectivity index (χ1n) is 6.47. The second-order valence-electron chi connectivity index (χ2n) is 5.04. The van der Waals surface area contributed by atoms with Gasteiger partial charge < -0.3 is 14.7 Å². The number of nitrogens with one attached hydrogen (secondary N) is 1. The van der Waals surface area contributed by atoms with Gasteiger partial charge in [-0.3, -0.25) is 4.79 Å². The van der Waals surface area contributed by atoms with Crippen molar-refractivity contribution in [2.45, 2.75) is 33.2 Å². The van der Waals surface area contributed by atoms with Crippen molar-refractivity contribution >= 4 is 5.91 Å². The molecule has 0 spiro atoms. The molecule has 1 amide bonds. The highest BCUT2D eigenvalue weighted by molar-refractivity contribution is 5.79. The van der Waals surface area contributed by atoms with Gasteiger partial charge in [0.2, 0.25) is 5.91 Å². The molecule has 2 rings (SSSR count). The normalized spacial score (nSPS) is 19.8. The zero-order chi connectivity index (χ0) is 13.1. The smallest absolute Gasteiger partial charge is 0.227 e. The van der Waals surface area contributed by atoms with Crippen molar-refractivity contribution in [3.8, 4) is 0 Å². The summed E-state index contributed by atoms with van der Waals surface area (Å²) in [6.07, 6.45) is 2.06. The molecule has 0 aliphatic carbocycles.